The van der Waals surface area contributed by atoms with Gasteiger partial charge in [-0.3, -0.25) is 0 Å². The predicted octanol–water partition coefficient (Wildman–Crippen LogP) is 8.82. The summed E-state index contributed by atoms with van der Waals surface area (Å²) < 4.78 is 38.2. The molecule has 0 N–H and O–H groups in total. The Labute approximate surface area is 200 Å². The zero-order valence-electron chi connectivity index (χ0n) is 20.5. The molecule has 0 heterocycles. The number of hydrogen-bond acceptors (Lipinski definition) is 2. The third-order valence-electron chi connectivity index (χ3n) is 8.40. The lowest BCUT2D eigenvalue weighted by molar-refractivity contribution is 0.0998. The van der Waals surface area contributed by atoms with Gasteiger partial charge in [0, 0.05) is 0 Å². The molecular weight excluding hydrogens is 418 g/mol. The molecule has 0 aromatic heterocycles. The highest BCUT2D eigenvalue weighted by Gasteiger charge is 2.30. The number of ether oxygens (including phenoxy) is 2. The summed E-state index contributed by atoms with van der Waals surface area (Å²) in [4.78, 5) is 0. The lowest BCUT2D eigenvalue weighted by Gasteiger charge is -2.37. The van der Waals surface area contributed by atoms with E-state index in [1.165, 1.54) is 57.4 Å². The number of halogens is 2. The summed E-state index contributed by atoms with van der Waals surface area (Å²) in [6.45, 7) is 7.36. The molecule has 0 atom stereocenters. The van der Waals surface area contributed by atoms with E-state index in [0.717, 1.165) is 43.4 Å². The van der Waals surface area contributed by atoms with E-state index in [9.17, 15) is 8.78 Å². The Morgan fingerprint density at radius 1 is 0.848 bits per heavy atom. The fourth-order valence-corrected chi connectivity index (χ4v) is 6.01. The number of allylic oxidation sites excluding steroid dienone is 4. The zero-order valence-corrected chi connectivity index (χ0v) is 20.5. The van der Waals surface area contributed by atoms with Crippen molar-refractivity contribution in [3.05, 3.63) is 49.0 Å². The average molecular weight is 463 g/mol. The van der Waals surface area contributed by atoms with E-state index in [-0.39, 0.29) is 12.1 Å². The minimum atomic E-state index is -0.965. The van der Waals surface area contributed by atoms with Gasteiger partial charge >= 0.3 is 0 Å². The Morgan fingerprint density at radius 2 is 1.42 bits per heavy atom. The molecule has 3 saturated carbocycles. The highest BCUT2D eigenvalue weighted by atomic mass is 19.2. The van der Waals surface area contributed by atoms with E-state index in [4.69, 9.17) is 9.47 Å². The molecule has 0 bridgehead atoms. The lowest BCUT2D eigenvalue weighted by atomic mass is 9.69. The first-order valence-electron chi connectivity index (χ1n) is 13.3. The van der Waals surface area contributed by atoms with Gasteiger partial charge in [0.25, 0.3) is 0 Å². The predicted molar refractivity (Wildman–Crippen MR) is 132 cm³/mol. The molecule has 0 aromatic carbocycles. The normalized spacial score (nSPS) is 34.3. The zero-order chi connectivity index (χ0) is 23.5. The van der Waals surface area contributed by atoms with E-state index >= 15 is 0 Å². The molecule has 186 valence electrons. The van der Waals surface area contributed by atoms with Crippen molar-refractivity contribution in [1.29, 1.82) is 0 Å². The van der Waals surface area contributed by atoms with Crippen molar-refractivity contribution in [3.8, 4) is 0 Å². The summed E-state index contributed by atoms with van der Waals surface area (Å²) in [6.07, 6.45) is 21.6. The molecule has 0 unspecified atom stereocenters. The second-order valence-corrected chi connectivity index (χ2v) is 10.8. The van der Waals surface area contributed by atoms with Crippen molar-refractivity contribution in [2.45, 2.75) is 84.0 Å². The molecule has 3 rings (SSSR count). The summed E-state index contributed by atoms with van der Waals surface area (Å²) in [5, 5.41) is 0. The minimum Gasteiger partial charge on any atom is -0.501 e. The van der Waals surface area contributed by atoms with Gasteiger partial charge in [0.1, 0.15) is 6.33 Å². The SMILES string of the molecule is C=CC1CCC(CO/C=C/C=C(OCC2CCC(C3CCC(C)CC3)CC2)\C(F)=C\F)CC1. The second kappa shape index (κ2) is 14.0. The van der Waals surface area contributed by atoms with Crippen molar-refractivity contribution < 1.29 is 18.3 Å². The highest BCUT2D eigenvalue weighted by molar-refractivity contribution is 5.22. The largest absolute Gasteiger partial charge is 0.501 e. The first-order chi connectivity index (χ1) is 16.1. The Bertz CT molecular complexity index is 659. The minimum absolute atomic E-state index is 0.0282. The van der Waals surface area contributed by atoms with Crippen LogP contribution >= 0.6 is 0 Å². The smallest absolute Gasteiger partial charge is 0.193 e. The summed E-state index contributed by atoms with van der Waals surface area (Å²) >= 11 is 0. The van der Waals surface area contributed by atoms with E-state index < -0.39 is 5.83 Å². The summed E-state index contributed by atoms with van der Waals surface area (Å²) in [7, 11) is 0. The van der Waals surface area contributed by atoms with Crippen LogP contribution in [0.15, 0.2) is 49.0 Å². The standard InChI is InChI=1S/C29H44F2O2/c1-3-23-8-10-24(11-9-23)20-32-18-4-5-29(28(31)19-30)33-21-25-12-16-27(17-13-25)26-14-6-22(2)7-15-26/h3-5,18-19,22-27H,1,6-17,20-21H2,2H3/b18-4+,28-19-,29-5+. The van der Waals surface area contributed by atoms with Gasteiger partial charge in [0.15, 0.2) is 11.6 Å². The third-order valence-corrected chi connectivity index (χ3v) is 8.40. The maximum Gasteiger partial charge on any atom is 0.193 e. The monoisotopic (exact) mass is 462 g/mol. The molecule has 4 heteroatoms. The molecule has 0 saturated heterocycles. The van der Waals surface area contributed by atoms with Crippen molar-refractivity contribution in [2.75, 3.05) is 13.2 Å². The summed E-state index contributed by atoms with van der Waals surface area (Å²) in [5.74, 6) is 3.24. The van der Waals surface area contributed by atoms with Gasteiger partial charge in [-0.1, -0.05) is 25.8 Å². The van der Waals surface area contributed by atoms with Crippen LogP contribution in [0.4, 0.5) is 8.78 Å². The average Bonchev–Trinajstić information content (AvgIpc) is 2.86. The maximum atomic E-state index is 14.0. The Morgan fingerprint density at radius 3 is 2.03 bits per heavy atom. The molecule has 3 aliphatic rings. The molecule has 0 aliphatic heterocycles. The Balaban J connectivity index is 1.37. The van der Waals surface area contributed by atoms with Crippen molar-refractivity contribution >= 4 is 0 Å². The Hall–Kier alpha value is -1.58. The fraction of sp³-hybridized carbons (Fsp3) is 0.724. The van der Waals surface area contributed by atoms with E-state index in [1.54, 1.807) is 12.3 Å². The third kappa shape index (κ3) is 8.61. The van der Waals surface area contributed by atoms with Gasteiger partial charge in [0.2, 0.25) is 0 Å². The van der Waals surface area contributed by atoms with E-state index in [1.807, 2.05) is 0 Å². The van der Waals surface area contributed by atoms with Crippen LogP contribution < -0.4 is 0 Å². The molecule has 3 fully saturated rings. The van der Waals surface area contributed by atoms with Crippen LogP contribution in [-0.2, 0) is 9.47 Å². The summed E-state index contributed by atoms with van der Waals surface area (Å²) in [5.41, 5.74) is 0. The van der Waals surface area contributed by atoms with Crippen LogP contribution in [0.1, 0.15) is 84.0 Å². The second-order valence-electron chi connectivity index (χ2n) is 10.8. The van der Waals surface area contributed by atoms with Gasteiger partial charge in [-0.15, -0.1) is 6.58 Å². The van der Waals surface area contributed by atoms with Gasteiger partial charge in [-0.25, -0.2) is 8.78 Å². The number of rotatable bonds is 10. The van der Waals surface area contributed by atoms with Crippen LogP contribution in [0.25, 0.3) is 0 Å². The van der Waals surface area contributed by atoms with Crippen molar-refractivity contribution in [3.63, 3.8) is 0 Å². The number of hydrogen-bond donors (Lipinski definition) is 0. The quantitative estimate of drug-likeness (QED) is 0.183. The van der Waals surface area contributed by atoms with Crippen LogP contribution in [0.2, 0.25) is 0 Å². The molecule has 0 spiro atoms. The van der Waals surface area contributed by atoms with Crippen molar-refractivity contribution in [1.82, 2.24) is 0 Å². The van der Waals surface area contributed by atoms with Gasteiger partial charge in [-0.05, 0) is 112 Å². The van der Waals surface area contributed by atoms with Crippen LogP contribution in [0.3, 0.4) is 0 Å². The first-order valence-corrected chi connectivity index (χ1v) is 13.3. The summed E-state index contributed by atoms with van der Waals surface area (Å²) in [6, 6.07) is 0. The molecule has 3 aliphatic carbocycles. The first kappa shape index (κ1) is 26.0. The Kier molecular flexibility index (Phi) is 11.0. The topological polar surface area (TPSA) is 18.5 Å². The van der Waals surface area contributed by atoms with E-state index in [2.05, 4.69) is 19.6 Å². The maximum absolute atomic E-state index is 14.0. The van der Waals surface area contributed by atoms with Crippen LogP contribution in [0, 0.1) is 35.5 Å². The van der Waals surface area contributed by atoms with Gasteiger partial charge < -0.3 is 9.47 Å². The molecule has 0 radical (unpaired) electrons. The molecule has 0 aromatic rings. The fourth-order valence-electron chi connectivity index (χ4n) is 6.01. The van der Waals surface area contributed by atoms with Crippen molar-refractivity contribution in [2.24, 2.45) is 35.5 Å². The highest BCUT2D eigenvalue weighted by Crippen LogP contribution is 2.41. The van der Waals surface area contributed by atoms with Crippen LogP contribution in [0.5, 0.6) is 0 Å². The molecular formula is C29H44F2O2. The lowest BCUT2D eigenvalue weighted by Crippen LogP contribution is -2.26. The van der Waals surface area contributed by atoms with Gasteiger partial charge in [0.05, 0.1) is 19.5 Å². The van der Waals surface area contributed by atoms with E-state index in [0.29, 0.717) is 31.0 Å². The molecule has 33 heavy (non-hydrogen) atoms. The molecule has 2 nitrogen and oxygen atoms in total. The van der Waals surface area contributed by atoms with Gasteiger partial charge in [-0.2, -0.15) is 0 Å². The van der Waals surface area contributed by atoms with Crippen LogP contribution in [-0.4, -0.2) is 13.2 Å². The molecule has 0 amide bonds.